The van der Waals surface area contributed by atoms with Gasteiger partial charge in [-0.15, -0.1) is 0 Å². The van der Waals surface area contributed by atoms with Crippen molar-refractivity contribution in [1.82, 2.24) is 0 Å². The van der Waals surface area contributed by atoms with E-state index in [9.17, 15) is 0 Å². The van der Waals surface area contributed by atoms with Crippen molar-refractivity contribution in [2.45, 2.75) is 13.0 Å². The smallest absolute Gasteiger partial charge is 0.124 e. The van der Waals surface area contributed by atoms with Crippen LogP contribution in [0.4, 0.5) is 0 Å². The normalized spacial score (nSPS) is 12.2. The Labute approximate surface area is 90.7 Å². The molecular formula is C12H18N2O. The summed E-state index contributed by atoms with van der Waals surface area (Å²) >= 11 is 0. The van der Waals surface area contributed by atoms with Gasteiger partial charge >= 0.3 is 0 Å². The van der Waals surface area contributed by atoms with Crippen molar-refractivity contribution in [3.63, 3.8) is 0 Å². The Morgan fingerprint density at radius 3 is 2.73 bits per heavy atom. The van der Waals surface area contributed by atoms with Gasteiger partial charge in [-0.05, 0) is 18.6 Å². The molecule has 1 aromatic rings. The summed E-state index contributed by atoms with van der Waals surface area (Å²) in [6, 6.07) is 7.50. The van der Waals surface area contributed by atoms with Crippen LogP contribution < -0.4 is 16.2 Å². The molecule has 0 saturated heterocycles. The third-order valence-corrected chi connectivity index (χ3v) is 2.05. The number of ether oxygens (including phenoxy) is 1. The second-order valence-electron chi connectivity index (χ2n) is 3.63. The highest BCUT2D eigenvalue weighted by molar-refractivity contribution is 5.36. The maximum Gasteiger partial charge on any atom is 0.124 e. The fraction of sp³-hybridized carbons (Fsp3) is 0.333. The van der Waals surface area contributed by atoms with E-state index in [0.29, 0.717) is 13.2 Å². The number of hydrogen-bond donors (Lipinski definition) is 2. The van der Waals surface area contributed by atoms with Gasteiger partial charge in [-0.25, -0.2) is 0 Å². The minimum atomic E-state index is -0.175. The van der Waals surface area contributed by atoms with Crippen LogP contribution in [-0.4, -0.2) is 13.2 Å². The van der Waals surface area contributed by atoms with Crippen molar-refractivity contribution in [3.8, 4) is 5.75 Å². The molecule has 1 atom stereocenters. The molecule has 0 fully saturated rings. The van der Waals surface area contributed by atoms with Crippen LogP contribution in [0.2, 0.25) is 0 Å². The lowest BCUT2D eigenvalue weighted by atomic mass is 10.1. The molecule has 0 bridgehead atoms. The summed E-state index contributed by atoms with van der Waals surface area (Å²) < 4.78 is 5.59. The maximum absolute atomic E-state index is 5.87. The number of para-hydroxylation sites is 1. The second-order valence-corrected chi connectivity index (χ2v) is 3.63. The van der Waals surface area contributed by atoms with E-state index in [1.54, 1.807) is 0 Å². The van der Waals surface area contributed by atoms with Gasteiger partial charge in [0.1, 0.15) is 12.4 Å². The van der Waals surface area contributed by atoms with Crippen molar-refractivity contribution in [1.29, 1.82) is 0 Å². The Morgan fingerprint density at radius 2 is 2.13 bits per heavy atom. The molecule has 0 aliphatic heterocycles. The molecule has 0 saturated carbocycles. The van der Waals surface area contributed by atoms with Crippen LogP contribution in [0.25, 0.3) is 0 Å². The molecule has 1 rings (SSSR count). The van der Waals surface area contributed by atoms with Gasteiger partial charge in [0.15, 0.2) is 0 Å². The number of rotatable bonds is 5. The summed E-state index contributed by atoms with van der Waals surface area (Å²) in [6.45, 7) is 6.62. The monoisotopic (exact) mass is 206 g/mol. The maximum atomic E-state index is 5.87. The summed E-state index contributed by atoms with van der Waals surface area (Å²) in [5, 5.41) is 0. The quantitative estimate of drug-likeness (QED) is 0.719. The van der Waals surface area contributed by atoms with Crippen LogP contribution >= 0.6 is 0 Å². The molecular weight excluding hydrogens is 188 g/mol. The molecule has 0 aliphatic rings. The van der Waals surface area contributed by atoms with Crippen LogP contribution in [0.1, 0.15) is 18.5 Å². The molecule has 4 N–H and O–H groups in total. The molecule has 82 valence electrons. The molecule has 15 heavy (non-hydrogen) atoms. The summed E-state index contributed by atoms with van der Waals surface area (Å²) in [5.74, 6) is 0.790. The zero-order valence-electron chi connectivity index (χ0n) is 9.07. The lowest BCUT2D eigenvalue weighted by Crippen LogP contribution is -2.21. The van der Waals surface area contributed by atoms with E-state index in [1.807, 2.05) is 31.2 Å². The molecule has 0 spiro atoms. The highest BCUT2D eigenvalue weighted by Crippen LogP contribution is 2.23. The van der Waals surface area contributed by atoms with E-state index in [0.717, 1.165) is 16.9 Å². The van der Waals surface area contributed by atoms with Crippen molar-refractivity contribution in [3.05, 3.63) is 42.0 Å². The van der Waals surface area contributed by atoms with Crippen LogP contribution in [0.3, 0.4) is 0 Å². The Kier molecular flexibility index (Phi) is 4.34. The first-order valence-electron chi connectivity index (χ1n) is 4.97. The predicted molar refractivity (Wildman–Crippen MR) is 62.7 cm³/mol. The zero-order chi connectivity index (χ0) is 11.3. The Morgan fingerprint density at radius 1 is 1.47 bits per heavy atom. The first-order valence-corrected chi connectivity index (χ1v) is 4.97. The van der Waals surface area contributed by atoms with E-state index < -0.39 is 0 Å². The SMILES string of the molecule is C=C(C)COc1ccccc1[C@@H](N)CN. The highest BCUT2D eigenvalue weighted by atomic mass is 16.5. The van der Waals surface area contributed by atoms with Crippen molar-refractivity contribution < 1.29 is 4.74 Å². The van der Waals surface area contributed by atoms with E-state index in [1.165, 1.54) is 0 Å². The zero-order valence-corrected chi connectivity index (χ0v) is 9.07. The van der Waals surface area contributed by atoms with Crippen LogP contribution in [0, 0.1) is 0 Å². The van der Waals surface area contributed by atoms with Gasteiger partial charge in [0.05, 0.1) is 0 Å². The average Bonchev–Trinajstić information content (AvgIpc) is 2.25. The third kappa shape index (κ3) is 3.38. The van der Waals surface area contributed by atoms with Gasteiger partial charge in [-0.2, -0.15) is 0 Å². The summed E-state index contributed by atoms with van der Waals surface area (Å²) in [5.41, 5.74) is 13.3. The van der Waals surface area contributed by atoms with Crippen LogP contribution in [0.15, 0.2) is 36.4 Å². The molecule has 0 unspecified atom stereocenters. The fourth-order valence-corrected chi connectivity index (χ4v) is 1.25. The Hall–Kier alpha value is -1.32. The highest BCUT2D eigenvalue weighted by Gasteiger charge is 2.09. The topological polar surface area (TPSA) is 61.3 Å². The lowest BCUT2D eigenvalue weighted by molar-refractivity contribution is 0.346. The van der Waals surface area contributed by atoms with Gasteiger partial charge < -0.3 is 16.2 Å². The van der Waals surface area contributed by atoms with E-state index in [-0.39, 0.29) is 6.04 Å². The molecule has 1 aromatic carbocycles. The van der Waals surface area contributed by atoms with Crippen LogP contribution in [0.5, 0.6) is 5.75 Å². The van der Waals surface area contributed by atoms with Gasteiger partial charge in [-0.1, -0.05) is 24.8 Å². The average molecular weight is 206 g/mol. The molecule has 3 heteroatoms. The van der Waals surface area contributed by atoms with Gasteiger partial charge in [0.25, 0.3) is 0 Å². The predicted octanol–water partition coefficient (Wildman–Crippen LogP) is 1.60. The van der Waals surface area contributed by atoms with Gasteiger partial charge in [0, 0.05) is 18.2 Å². The van der Waals surface area contributed by atoms with E-state index in [4.69, 9.17) is 16.2 Å². The molecule has 0 radical (unpaired) electrons. The van der Waals surface area contributed by atoms with Gasteiger partial charge in [-0.3, -0.25) is 0 Å². The molecule has 0 amide bonds. The largest absolute Gasteiger partial charge is 0.489 e. The molecule has 0 aliphatic carbocycles. The van der Waals surface area contributed by atoms with Crippen LogP contribution in [-0.2, 0) is 0 Å². The minimum Gasteiger partial charge on any atom is -0.489 e. The Bertz CT molecular complexity index is 336. The third-order valence-electron chi connectivity index (χ3n) is 2.05. The minimum absolute atomic E-state index is 0.175. The molecule has 3 nitrogen and oxygen atoms in total. The number of hydrogen-bond acceptors (Lipinski definition) is 3. The summed E-state index contributed by atoms with van der Waals surface area (Å²) in [7, 11) is 0. The first-order chi connectivity index (χ1) is 7.15. The number of benzene rings is 1. The summed E-state index contributed by atoms with van der Waals surface area (Å²) in [6.07, 6.45) is 0. The number of nitrogens with two attached hydrogens (primary N) is 2. The van der Waals surface area contributed by atoms with Gasteiger partial charge in [0.2, 0.25) is 0 Å². The van der Waals surface area contributed by atoms with Crippen molar-refractivity contribution in [2.75, 3.05) is 13.2 Å². The second kappa shape index (κ2) is 5.53. The molecule has 0 aromatic heterocycles. The molecule has 0 heterocycles. The Balaban J connectivity index is 2.81. The van der Waals surface area contributed by atoms with E-state index >= 15 is 0 Å². The first kappa shape index (κ1) is 11.8. The lowest BCUT2D eigenvalue weighted by Gasteiger charge is -2.15. The van der Waals surface area contributed by atoms with Crippen molar-refractivity contribution in [2.24, 2.45) is 11.5 Å². The van der Waals surface area contributed by atoms with Crippen molar-refractivity contribution >= 4 is 0 Å². The summed E-state index contributed by atoms with van der Waals surface area (Å²) in [4.78, 5) is 0. The van der Waals surface area contributed by atoms with E-state index in [2.05, 4.69) is 6.58 Å². The fourth-order valence-electron chi connectivity index (χ4n) is 1.25. The standard InChI is InChI=1S/C12H18N2O/c1-9(2)8-15-12-6-4-3-5-10(12)11(14)7-13/h3-6,11H,1,7-8,13-14H2,2H3/t11-/m0/s1.